The summed E-state index contributed by atoms with van der Waals surface area (Å²) in [5, 5.41) is 6.20. The van der Waals surface area contributed by atoms with Crippen molar-refractivity contribution in [2.45, 2.75) is 33.1 Å². The van der Waals surface area contributed by atoms with Crippen LogP contribution in [0.2, 0.25) is 0 Å². The molecule has 2 N–H and O–H groups in total. The number of amides is 1. The number of hydrogen-bond donors (Lipinski definition) is 2. The lowest BCUT2D eigenvalue weighted by atomic mass is 10.1. The van der Waals surface area contributed by atoms with Crippen molar-refractivity contribution in [3.05, 3.63) is 11.9 Å². The molecule has 1 aliphatic rings. The van der Waals surface area contributed by atoms with E-state index in [9.17, 15) is 4.79 Å². The molecule has 0 radical (unpaired) electrons. The molecule has 6 heteroatoms. The number of carbonyl (C=O) groups is 1. The van der Waals surface area contributed by atoms with Crippen molar-refractivity contribution in [1.82, 2.24) is 15.3 Å². The lowest BCUT2D eigenvalue weighted by molar-refractivity contribution is -0.120. The van der Waals surface area contributed by atoms with E-state index in [2.05, 4.69) is 34.4 Å². The van der Waals surface area contributed by atoms with Crippen molar-refractivity contribution in [3.8, 4) is 0 Å². The van der Waals surface area contributed by atoms with E-state index < -0.39 is 0 Å². The summed E-state index contributed by atoms with van der Waals surface area (Å²) in [4.78, 5) is 22.4. The molecule has 1 fully saturated rings. The van der Waals surface area contributed by atoms with Crippen LogP contribution in [0.25, 0.3) is 0 Å². The van der Waals surface area contributed by atoms with Gasteiger partial charge in [0.15, 0.2) is 0 Å². The first-order valence-electron chi connectivity index (χ1n) is 7.35. The Morgan fingerprint density at radius 3 is 2.90 bits per heavy atom. The topological polar surface area (TPSA) is 70.2 Å². The van der Waals surface area contributed by atoms with Gasteiger partial charge in [0.1, 0.15) is 18.0 Å². The zero-order chi connectivity index (χ0) is 14.4. The Bertz CT molecular complexity index is 463. The minimum absolute atomic E-state index is 0.0559. The molecule has 6 nitrogen and oxygen atoms in total. The highest BCUT2D eigenvalue weighted by molar-refractivity contribution is 5.82. The average molecular weight is 277 g/mol. The average Bonchev–Trinajstić information content (AvgIpc) is 2.46. The van der Waals surface area contributed by atoms with Gasteiger partial charge in [-0.2, -0.15) is 0 Å². The number of piperazine rings is 1. The molecule has 1 amide bonds. The van der Waals surface area contributed by atoms with Crippen molar-refractivity contribution in [2.24, 2.45) is 0 Å². The first-order chi connectivity index (χ1) is 9.76. The van der Waals surface area contributed by atoms with Crippen LogP contribution in [0.4, 0.5) is 11.6 Å². The van der Waals surface area contributed by atoms with Crippen molar-refractivity contribution in [3.63, 3.8) is 0 Å². The number of carbonyl (C=O) groups excluding carboxylic acids is 1. The lowest BCUT2D eigenvalue weighted by Gasteiger charge is -2.29. The summed E-state index contributed by atoms with van der Waals surface area (Å²) in [7, 11) is 0. The molecule has 2 heterocycles. The fourth-order valence-corrected chi connectivity index (χ4v) is 2.37. The normalized spacial score (nSPS) is 15.1. The molecule has 20 heavy (non-hydrogen) atoms. The summed E-state index contributed by atoms with van der Waals surface area (Å²) in [5.74, 6) is 1.86. The highest BCUT2D eigenvalue weighted by Gasteiger charge is 2.21. The minimum atomic E-state index is 0.0559. The van der Waals surface area contributed by atoms with Crippen molar-refractivity contribution in [1.29, 1.82) is 0 Å². The van der Waals surface area contributed by atoms with E-state index in [-0.39, 0.29) is 5.91 Å². The Hall–Kier alpha value is -1.85. The molecule has 0 bridgehead atoms. The van der Waals surface area contributed by atoms with E-state index in [0.29, 0.717) is 13.1 Å². The second-order valence-electron chi connectivity index (χ2n) is 4.97. The van der Waals surface area contributed by atoms with Gasteiger partial charge in [-0.25, -0.2) is 9.97 Å². The maximum Gasteiger partial charge on any atom is 0.239 e. The number of rotatable bonds is 6. The molecule has 1 saturated heterocycles. The predicted octanol–water partition coefficient (Wildman–Crippen LogP) is 1.19. The van der Waals surface area contributed by atoms with Crippen LogP contribution >= 0.6 is 0 Å². The minimum Gasteiger partial charge on any atom is -0.370 e. The molecule has 2 rings (SSSR count). The third-order valence-corrected chi connectivity index (χ3v) is 3.30. The third-order valence-electron chi connectivity index (χ3n) is 3.30. The van der Waals surface area contributed by atoms with E-state index in [1.54, 1.807) is 6.33 Å². The largest absolute Gasteiger partial charge is 0.370 e. The van der Waals surface area contributed by atoms with Crippen LogP contribution in [0.15, 0.2) is 6.33 Å². The quantitative estimate of drug-likeness (QED) is 0.817. The van der Waals surface area contributed by atoms with Crippen LogP contribution in [0.5, 0.6) is 0 Å². The van der Waals surface area contributed by atoms with Gasteiger partial charge in [-0.1, -0.05) is 20.3 Å². The standard InChI is InChI=1S/C14H23N5O/c1-3-5-11-13(16-6-4-2)17-10-18-14(11)19-8-7-15-12(20)9-19/h10H,3-9H2,1-2H3,(H,15,20)(H,16,17,18). The summed E-state index contributed by atoms with van der Waals surface area (Å²) in [6, 6.07) is 0. The maximum absolute atomic E-state index is 11.6. The summed E-state index contributed by atoms with van der Waals surface area (Å²) >= 11 is 0. The first-order valence-corrected chi connectivity index (χ1v) is 7.35. The van der Waals surface area contributed by atoms with Crippen LogP contribution in [0.1, 0.15) is 32.3 Å². The van der Waals surface area contributed by atoms with Gasteiger partial charge in [0.05, 0.1) is 6.54 Å². The van der Waals surface area contributed by atoms with Crippen molar-refractivity contribution in [2.75, 3.05) is 36.4 Å². The molecular formula is C14H23N5O. The van der Waals surface area contributed by atoms with Crippen molar-refractivity contribution < 1.29 is 4.79 Å². The van der Waals surface area contributed by atoms with E-state index in [1.807, 2.05) is 4.90 Å². The molecule has 1 aliphatic heterocycles. The highest BCUT2D eigenvalue weighted by Crippen LogP contribution is 2.25. The van der Waals surface area contributed by atoms with Crippen molar-refractivity contribution >= 4 is 17.5 Å². The Balaban J connectivity index is 2.27. The summed E-state index contributed by atoms with van der Waals surface area (Å²) < 4.78 is 0. The third kappa shape index (κ3) is 3.37. The zero-order valence-corrected chi connectivity index (χ0v) is 12.3. The maximum atomic E-state index is 11.6. The molecule has 110 valence electrons. The Kier molecular flexibility index (Phi) is 5.15. The zero-order valence-electron chi connectivity index (χ0n) is 12.3. The molecule has 0 aromatic carbocycles. The Morgan fingerprint density at radius 1 is 1.35 bits per heavy atom. The second-order valence-corrected chi connectivity index (χ2v) is 4.97. The molecule has 1 aromatic heterocycles. The monoisotopic (exact) mass is 277 g/mol. The van der Waals surface area contributed by atoms with Crippen LogP contribution < -0.4 is 15.5 Å². The number of anilines is 2. The molecular weight excluding hydrogens is 254 g/mol. The van der Waals surface area contributed by atoms with E-state index in [1.165, 1.54) is 0 Å². The fourth-order valence-electron chi connectivity index (χ4n) is 2.37. The highest BCUT2D eigenvalue weighted by atomic mass is 16.2. The van der Waals surface area contributed by atoms with Crippen LogP contribution in [0.3, 0.4) is 0 Å². The molecule has 0 atom stereocenters. The van der Waals surface area contributed by atoms with Crippen LogP contribution in [-0.4, -0.2) is 42.1 Å². The lowest BCUT2D eigenvalue weighted by Crippen LogP contribution is -2.48. The van der Waals surface area contributed by atoms with E-state index >= 15 is 0 Å². The number of nitrogens with one attached hydrogen (secondary N) is 2. The smallest absolute Gasteiger partial charge is 0.239 e. The number of aromatic nitrogens is 2. The predicted molar refractivity (Wildman–Crippen MR) is 80.0 cm³/mol. The van der Waals surface area contributed by atoms with Gasteiger partial charge in [0.25, 0.3) is 0 Å². The molecule has 1 aromatic rings. The van der Waals surface area contributed by atoms with Gasteiger partial charge in [0.2, 0.25) is 5.91 Å². The van der Waals surface area contributed by atoms with Crippen LogP contribution in [-0.2, 0) is 11.2 Å². The molecule has 0 spiro atoms. The SMILES string of the molecule is CCCNc1ncnc(N2CCNC(=O)C2)c1CCC. The van der Waals surface area contributed by atoms with Gasteiger partial charge < -0.3 is 15.5 Å². The fraction of sp³-hybridized carbons (Fsp3) is 0.643. The van der Waals surface area contributed by atoms with Crippen LogP contribution in [0, 0.1) is 0 Å². The van der Waals surface area contributed by atoms with E-state index in [4.69, 9.17) is 0 Å². The summed E-state index contributed by atoms with van der Waals surface area (Å²) in [5.41, 5.74) is 1.12. The van der Waals surface area contributed by atoms with Gasteiger partial charge in [0, 0.05) is 25.2 Å². The summed E-state index contributed by atoms with van der Waals surface area (Å²) in [6.07, 6.45) is 4.58. The van der Waals surface area contributed by atoms with E-state index in [0.717, 1.165) is 49.6 Å². The molecule has 0 unspecified atom stereocenters. The Labute approximate surface area is 120 Å². The molecule has 0 aliphatic carbocycles. The number of hydrogen-bond acceptors (Lipinski definition) is 5. The van der Waals surface area contributed by atoms with Gasteiger partial charge in [-0.3, -0.25) is 4.79 Å². The van der Waals surface area contributed by atoms with Gasteiger partial charge in [-0.15, -0.1) is 0 Å². The summed E-state index contributed by atoms with van der Waals surface area (Å²) in [6.45, 7) is 7.01. The van der Waals surface area contributed by atoms with Gasteiger partial charge >= 0.3 is 0 Å². The number of nitrogens with zero attached hydrogens (tertiary/aromatic N) is 3. The molecule has 0 saturated carbocycles. The van der Waals surface area contributed by atoms with Gasteiger partial charge in [-0.05, 0) is 12.8 Å². The first kappa shape index (κ1) is 14.6. The Morgan fingerprint density at radius 2 is 2.20 bits per heavy atom. The second kappa shape index (κ2) is 7.07.